The molecule has 0 saturated carbocycles. The van der Waals surface area contributed by atoms with E-state index in [1.807, 2.05) is 42.2 Å². The summed E-state index contributed by atoms with van der Waals surface area (Å²) in [7, 11) is 0. The molecule has 2 aromatic rings. The molecule has 1 aliphatic heterocycles. The summed E-state index contributed by atoms with van der Waals surface area (Å²) >= 11 is 0. The van der Waals surface area contributed by atoms with Crippen molar-refractivity contribution in [2.45, 2.75) is 19.8 Å². The molecule has 0 spiro atoms. The molecule has 3 rings (SSSR count). The minimum atomic E-state index is -0.179. The highest BCUT2D eigenvalue weighted by Crippen LogP contribution is 2.12. The fraction of sp³-hybridized carbons (Fsp3) is 0.389. The lowest BCUT2D eigenvalue weighted by Crippen LogP contribution is -2.38. The van der Waals surface area contributed by atoms with Crippen LogP contribution in [0.2, 0.25) is 0 Å². The highest BCUT2D eigenvalue weighted by atomic mass is 16.5. The van der Waals surface area contributed by atoms with E-state index in [1.165, 1.54) is 0 Å². The van der Waals surface area contributed by atoms with E-state index in [2.05, 4.69) is 15.3 Å². The Hall–Kier alpha value is -2.67. The van der Waals surface area contributed by atoms with Gasteiger partial charge in [0.1, 0.15) is 0 Å². The Morgan fingerprint density at radius 2 is 2.00 bits per heavy atom. The number of benzene rings is 1. The second-order valence-corrected chi connectivity index (χ2v) is 5.97. The van der Waals surface area contributed by atoms with E-state index in [0.29, 0.717) is 49.9 Å². The first-order valence-corrected chi connectivity index (χ1v) is 8.41. The second-order valence-electron chi connectivity index (χ2n) is 5.97. The number of anilines is 2. The maximum atomic E-state index is 12.4. The molecular weight excluding hydrogens is 320 g/mol. The summed E-state index contributed by atoms with van der Waals surface area (Å²) in [5.41, 5.74) is 1.79. The predicted molar refractivity (Wildman–Crippen MR) is 96.0 cm³/mol. The normalized spacial score (nSPS) is 14.4. The average Bonchev–Trinajstić information content (AvgIpc) is 2.62. The first kappa shape index (κ1) is 17.2. The number of para-hydroxylation sites is 1. The highest BCUT2D eigenvalue weighted by Gasteiger charge is 2.16. The van der Waals surface area contributed by atoms with Gasteiger partial charge in [0.25, 0.3) is 5.56 Å². The van der Waals surface area contributed by atoms with E-state index in [0.717, 1.165) is 5.69 Å². The van der Waals surface area contributed by atoms with Crippen LogP contribution in [0.4, 0.5) is 11.6 Å². The second kappa shape index (κ2) is 7.94. The molecule has 7 nitrogen and oxygen atoms in total. The van der Waals surface area contributed by atoms with Crippen molar-refractivity contribution in [2.75, 3.05) is 36.5 Å². The van der Waals surface area contributed by atoms with Crippen molar-refractivity contribution >= 4 is 17.5 Å². The molecule has 0 aliphatic carbocycles. The number of aryl methyl sites for hydroxylation is 1. The van der Waals surface area contributed by atoms with E-state index in [1.54, 1.807) is 0 Å². The summed E-state index contributed by atoms with van der Waals surface area (Å²) in [5, 5.41) is 2.82. The molecule has 1 amide bonds. The lowest BCUT2D eigenvalue weighted by Gasteiger charge is -2.27. The molecule has 2 N–H and O–H groups in total. The lowest BCUT2D eigenvalue weighted by molar-refractivity contribution is -0.116. The van der Waals surface area contributed by atoms with Gasteiger partial charge in [-0.2, -0.15) is 0 Å². The monoisotopic (exact) mass is 342 g/mol. The number of rotatable bonds is 5. The van der Waals surface area contributed by atoms with Crippen LogP contribution in [0.3, 0.4) is 0 Å². The van der Waals surface area contributed by atoms with Crippen LogP contribution in [-0.2, 0) is 16.0 Å². The van der Waals surface area contributed by atoms with Crippen LogP contribution in [0.1, 0.15) is 17.7 Å². The minimum Gasteiger partial charge on any atom is -0.378 e. The Morgan fingerprint density at radius 3 is 2.68 bits per heavy atom. The van der Waals surface area contributed by atoms with Crippen LogP contribution < -0.4 is 15.8 Å². The molecule has 1 aromatic carbocycles. The molecule has 0 unspecified atom stereocenters. The third-order valence-electron chi connectivity index (χ3n) is 4.18. The van der Waals surface area contributed by atoms with Gasteiger partial charge in [-0.05, 0) is 25.5 Å². The average molecular weight is 342 g/mol. The SMILES string of the molecule is Cc1nc(N2CCOCC2)[nH]c(=O)c1CCC(=O)Nc1ccccc1. The third kappa shape index (κ3) is 4.45. The Labute approximate surface area is 146 Å². The molecule has 132 valence electrons. The lowest BCUT2D eigenvalue weighted by atomic mass is 10.1. The summed E-state index contributed by atoms with van der Waals surface area (Å²) in [4.78, 5) is 33.8. The van der Waals surface area contributed by atoms with E-state index in [4.69, 9.17) is 4.74 Å². The number of morpholine rings is 1. The molecule has 1 saturated heterocycles. The summed E-state index contributed by atoms with van der Waals surface area (Å²) in [5.74, 6) is 0.450. The Kier molecular flexibility index (Phi) is 5.45. The molecule has 0 bridgehead atoms. The van der Waals surface area contributed by atoms with Gasteiger partial charge in [-0.3, -0.25) is 14.6 Å². The van der Waals surface area contributed by atoms with Crippen molar-refractivity contribution in [1.29, 1.82) is 0 Å². The van der Waals surface area contributed by atoms with E-state index < -0.39 is 0 Å². The maximum Gasteiger partial charge on any atom is 0.255 e. The van der Waals surface area contributed by atoms with Crippen LogP contribution in [0.5, 0.6) is 0 Å². The van der Waals surface area contributed by atoms with Gasteiger partial charge in [-0.15, -0.1) is 0 Å². The third-order valence-corrected chi connectivity index (χ3v) is 4.18. The van der Waals surface area contributed by atoms with Crippen LogP contribution in [0.25, 0.3) is 0 Å². The van der Waals surface area contributed by atoms with Crippen LogP contribution in [-0.4, -0.2) is 42.2 Å². The van der Waals surface area contributed by atoms with Gasteiger partial charge in [0.15, 0.2) is 0 Å². The number of ether oxygens (including phenoxy) is 1. The highest BCUT2D eigenvalue weighted by molar-refractivity contribution is 5.90. The van der Waals surface area contributed by atoms with Crippen molar-refractivity contribution in [3.63, 3.8) is 0 Å². The molecule has 25 heavy (non-hydrogen) atoms. The number of aromatic nitrogens is 2. The molecular formula is C18H22N4O3. The Balaban J connectivity index is 1.64. The molecule has 1 aromatic heterocycles. The molecule has 2 heterocycles. The molecule has 1 aliphatic rings. The fourth-order valence-electron chi connectivity index (χ4n) is 2.80. The number of carbonyl (C=O) groups excluding carboxylic acids is 1. The summed E-state index contributed by atoms with van der Waals surface area (Å²) < 4.78 is 5.31. The first-order chi connectivity index (χ1) is 12.1. The number of nitrogens with one attached hydrogen (secondary N) is 2. The number of aromatic amines is 1. The molecule has 1 fully saturated rings. The van der Waals surface area contributed by atoms with E-state index in [9.17, 15) is 9.59 Å². The standard InChI is InChI=1S/C18H22N4O3/c1-13-15(7-8-16(23)20-14-5-3-2-4-6-14)17(24)21-18(19-13)22-9-11-25-12-10-22/h2-6H,7-12H2,1H3,(H,20,23)(H,19,21,24). The zero-order chi connectivity index (χ0) is 17.6. The van der Waals surface area contributed by atoms with Gasteiger partial charge >= 0.3 is 0 Å². The van der Waals surface area contributed by atoms with E-state index >= 15 is 0 Å². The molecule has 0 atom stereocenters. The number of amides is 1. The van der Waals surface area contributed by atoms with Gasteiger partial charge < -0.3 is 15.0 Å². The Morgan fingerprint density at radius 1 is 1.28 bits per heavy atom. The van der Waals surface area contributed by atoms with Gasteiger partial charge in [0.05, 0.1) is 13.2 Å². The van der Waals surface area contributed by atoms with Crippen molar-refractivity contribution < 1.29 is 9.53 Å². The van der Waals surface area contributed by atoms with Crippen LogP contribution in [0.15, 0.2) is 35.1 Å². The van der Waals surface area contributed by atoms with E-state index in [-0.39, 0.29) is 17.9 Å². The number of hydrogen-bond donors (Lipinski definition) is 2. The summed E-state index contributed by atoms with van der Waals surface area (Å²) in [6.07, 6.45) is 0.591. The van der Waals surface area contributed by atoms with Crippen molar-refractivity contribution in [1.82, 2.24) is 9.97 Å². The number of hydrogen-bond acceptors (Lipinski definition) is 5. The number of carbonyl (C=O) groups is 1. The maximum absolute atomic E-state index is 12.4. The van der Waals surface area contributed by atoms with Crippen molar-refractivity contribution in [2.24, 2.45) is 0 Å². The smallest absolute Gasteiger partial charge is 0.255 e. The quantitative estimate of drug-likeness (QED) is 0.859. The fourth-order valence-corrected chi connectivity index (χ4v) is 2.80. The minimum absolute atomic E-state index is 0.123. The number of H-pyrrole nitrogens is 1. The van der Waals surface area contributed by atoms with Gasteiger partial charge in [0, 0.05) is 36.5 Å². The number of nitrogens with zero attached hydrogens (tertiary/aromatic N) is 2. The van der Waals surface area contributed by atoms with Gasteiger partial charge in [0.2, 0.25) is 11.9 Å². The topological polar surface area (TPSA) is 87.3 Å². The molecule has 0 radical (unpaired) electrons. The van der Waals surface area contributed by atoms with Crippen LogP contribution >= 0.6 is 0 Å². The predicted octanol–water partition coefficient (Wildman–Crippen LogP) is 1.49. The zero-order valence-electron chi connectivity index (χ0n) is 14.2. The summed E-state index contributed by atoms with van der Waals surface area (Å²) in [6, 6.07) is 9.26. The Bertz CT molecular complexity index is 783. The molecule has 7 heteroatoms. The van der Waals surface area contributed by atoms with Crippen molar-refractivity contribution in [3.05, 3.63) is 51.9 Å². The van der Waals surface area contributed by atoms with Crippen LogP contribution in [0, 0.1) is 6.92 Å². The van der Waals surface area contributed by atoms with Crippen molar-refractivity contribution in [3.8, 4) is 0 Å². The van der Waals surface area contributed by atoms with Gasteiger partial charge in [-0.25, -0.2) is 4.98 Å². The largest absolute Gasteiger partial charge is 0.378 e. The van der Waals surface area contributed by atoms with Gasteiger partial charge in [-0.1, -0.05) is 18.2 Å². The summed E-state index contributed by atoms with van der Waals surface area (Å²) in [6.45, 7) is 4.49. The zero-order valence-corrected chi connectivity index (χ0v) is 14.2. The first-order valence-electron chi connectivity index (χ1n) is 8.41.